The van der Waals surface area contributed by atoms with Crippen molar-refractivity contribution in [1.29, 1.82) is 0 Å². The van der Waals surface area contributed by atoms with Crippen LogP contribution in [-0.2, 0) is 18.4 Å². The van der Waals surface area contributed by atoms with E-state index < -0.39 is 0 Å². The molecule has 0 fully saturated rings. The van der Waals surface area contributed by atoms with Crippen molar-refractivity contribution in [1.82, 2.24) is 20.0 Å². The van der Waals surface area contributed by atoms with Crippen LogP contribution in [0.25, 0.3) is 0 Å². The van der Waals surface area contributed by atoms with Gasteiger partial charge in [0.05, 0.1) is 18.3 Å². The molecule has 3 heterocycles. The lowest BCUT2D eigenvalue weighted by Gasteiger charge is -2.24. The van der Waals surface area contributed by atoms with E-state index in [1.54, 1.807) is 11.3 Å². The third-order valence-corrected chi connectivity index (χ3v) is 6.66. The molecule has 0 bridgehead atoms. The second-order valence-corrected chi connectivity index (χ2v) is 9.22. The van der Waals surface area contributed by atoms with Crippen molar-refractivity contribution in [2.45, 2.75) is 46.4 Å². The Bertz CT molecular complexity index is 1070. The largest absolute Gasteiger partial charge is 0.484 e. The molecule has 2 aromatic heterocycles. The molecule has 0 saturated carbocycles. The normalized spacial score (nSPS) is 17.5. The quantitative estimate of drug-likeness (QED) is 0.648. The Labute approximate surface area is 187 Å². The van der Waals surface area contributed by atoms with E-state index in [4.69, 9.17) is 4.74 Å². The summed E-state index contributed by atoms with van der Waals surface area (Å²) >= 11 is 1.66. The number of amides is 1. The minimum Gasteiger partial charge on any atom is -0.484 e. The molecule has 7 heteroatoms. The molecule has 164 valence electrons. The van der Waals surface area contributed by atoms with Crippen molar-refractivity contribution in [3.63, 3.8) is 0 Å². The Hall–Kier alpha value is -2.64. The molecule has 4 rings (SSSR count). The molecule has 0 radical (unpaired) electrons. The Balaban J connectivity index is 1.51. The SMILES string of the molecule is Cc1ccc2c(c1)CN(CC(=O)N[C@H](C)c1c(C)nn(C)c1C)C[C@H](c1ccsc1)O2. The lowest BCUT2D eigenvalue weighted by atomic mass is 10.1. The van der Waals surface area contributed by atoms with Crippen LogP contribution < -0.4 is 10.1 Å². The molecule has 0 aliphatic carbocycles. The first-order chi connectivity index (χ1) is 14.8. The number of carbonyl (C=O) groups excluding carboxylic acids is 1. The molecule has 0 saturated heterocycles. The number of ether oxygens (including phenoxy) is 1. The minimum atomic E-state index is -0.0942. The van der Waals surface area contributed by atoms with E-state index in [-0.39, 0.29) is 18.1 Å². The Kier molecular flexibility index (Phi) is 6.16. The number of benzene rings is 1. The van der Waals surface area contributed by atoms with E-state index in [0.29, 0.717) is 19.6 Å². The molecular formula is C24H30N4O2S. The maximum absolute atomic E-state index is 13.0. The predicted octanol–water partition coefficient (Wildman–Crippen LogP) is 4.22. The monoisotopic (exact) mass is 438 g/mol. The van der Waals surface area contributed by atoms with Gasteiger partial charge in [-0.2, -0.15) is 16.4 Å². The summed E-state index contributed by atoms with van der Waals surface area (Å²) in [6, 6.07) is 8.28. The Morgan fingerprint density at radius 3 is 2.81 bits per heavy atom. The molecular weight excluding hydrogens is 408 g/mol. The van der Waals surface area contributed by atoms with Crippen LogP contribution in [-0.4, -0.2) is 33.7 Å². The van der Waals surface area contributed by atoms with Gasteiger partial charge in [-0.25, -0.2) is 0 Å². The molecule has 1 aliphatic rings. The zero-order valence-corrected chi connectivity index (χ0v) is 19.6. The molecule has 1 N–H and O–H groups in total. The van der Waals surface area contributed by atoms with Gasteiger partial charge in [0, 0.05) is 42.5 Å². The van der Waals surface area contributed by atoms with Crippen LogP contribution in [0.4, 0.5) is 0 Å². The topological polar surface area (TPSA) is 59.4 Å². The maximum atomic E-state index is 13.0. The van der Waals surface area contributed by atoms with Crippen LogP contribution in [0.3, 0.4) is 0 Å². The van der Waals surface area contributed by atoms with E-state index in [2.05, 4.69) is 51.2 Å². The van der Waals surface area contributed by atoms with E-state index in [1.165, 1.54) is 5.56 Å². The van der Waals surface area contributed by atoms with Gasteiger partial charge in [0.15, 0.2) is 0 Å². The van der Waals surface area contributed by atoms with Crippen molar-refractivity contribution in [3.8, 4) is 5.75 Å². The Morgan fingerprint density at radius 1 is 1.32 bits per heavy atom. The van der Waals surface area contributed by atoms with E-state index in [9.17, 15) is 4.79 Å². The number of rotatable bonds is 5. The van der Waals surface area contributed by atoms with E-state index in [1.807, 2.05) is 38.6 Å². The first kappa shape index (κ1) is 21.6. The van der Waals surface area contributed by atoms with Crippen molar-refractivity contribution in [3.05, 3.63) is 68.7 Å². The van der Waals surface area contributed by atoms with Gasteiger partial charge < -0.3 is 10.1 Å². The fourth-order valence-electron chi connectivity index (χ4n) is 4.41. The van der Waals surface area contributed by atoms with Gasteiger partial charge in [-0.3, -0.25) is 14.4 Å². The molecule has 2 atom stereocenters. The first-order valence-corrected chi connectivity index (χ1v) is 11.6. The average Bonchev–Trinajstić information content (AvgIpc) is 3.27. The summed E-state index contributed by atoms with van der Waals surface area (Å²) in [7, 11) is 1.93. The zero-order chi connectivity index (χ0) is 22.1. The molecule has 1 amide bonds. The van der Waals surface area contributed by atoms with Crippen LogP contribution in [0.15, 0.2) is 35.0 Å². The van der Waals surface area contributed by atoms with Crippen LogP contribution in [0.5, 0.6) is 5.75 Å². The summed E-state index contributed by atoms with van der Waals surface area (Å²) < 4.78 is 8.24. The number of fused-ring (bicyclic) bond motifs is 1. The average molecular weight is 439 g/mol. The third-order valence-electron chi connectivity index (χ3n) is 5.96. The number of nitrogens with zero attached hydrogens (tertiary/aromatic N) is 3. The van der Waals surface area contributed by atoms with Gasteiger partial charge in [0.25, 0.3) is 0 Å². The molecule has 0 spiro atoms. The smallest absolute Gasteiger partial charge is 0.234 e. The number of nitrogens with one attached hydrogen (secondary N) is 1. The third kappa shape index (κ3) is 4.67. The lowest BCUT2D eigenvalue weighted by Crippen LogP contribution is -2.39. The number of hydrogen-bond donors (Lipinski definition) is 1. The second-order valence-electron chi connectivity index (χ2n) is 8.44. The number of aromatic nitrogens is 2. The van der Waals surface area contributed by atoms with Crippen molar-refractivity contribution < 1.29 is 9.53 Å². The summed E-state index contributed by atoms with van der Waals surface area (Å²) in [5, 5.41) is 11.8. The van der Waals surface area contributed by atoms with Crippen molar-refractivity contribution in [2.24, 2.45) is 7.05 Å². The number of carbonyl (C=O) groups is 1. The van der Waals surface area contributed by atoms with Crippen LogP contribution in [0.1, 0.15) is 52.7 Å². The summed E-state index contributed by atoms with van der Waals surface area (Å²) in [4.78, 5) is 15.2. The van der Waals surface area contributed by atoms with Crippen LogP contribution >= 0.6 is 11.3 Å². The highest BCUT2D eigenvalue weighted by molar-refractivity contribution is 7.07. The minimum absolute atomic E-state index is 0.00956. The van der Waals surface area contributed by atoms with Gasteiger partial charge in [0.2, 0.25) is 5.91 Å². The summed E-state index contributed by atoms with van der Waals surface area (Å²) in [5.41, 5.74) is 6.59. The molecule has 1 aromatic carbocycles. The van der Waals surface area contributed by atoms with Gasteiger partial charge in [-0.1, -0.05) is 17.7 Å². The lowest BCUT2D eigenvalue weighted by molar-refractivity contribution is -0.123. The number of thiophene rings is 1. The fraction of sp³-hybridized carbons (Fsp3) is 0.417. The van der Waals surface area contributed by atoms with Gasteiger partial charge in [0.1, 0.15) is 11.9 Å². The van der Waals surface area contributed by atoms with Crippen molar-refractivity contribution >= 4 is 17.2 Å². The molecule has 0 unspecified atom stereocenters. The van der Waals surface area contributed by atoms with E-state index in [0.717, 1.165) is 33.8 Å². The first-order valence-electron chi connectivity index (χ1n) is 10.6. The predicted molar refractivity (Wildman–Crippen MR) is 123 cm³/mol. The molecule has 3 aromatic rings. The number of aryl methyl sites for hydroxylation is 3. The highest BCUT2D eigenvalue weighted by atomic mass is 32.1. The maximum Gasteiger partial charge on any atom is 0.234 e. The van der Waals surface area contributed by atoms with Gasteiger partial charge >= 0.3 is 0 Å². The van der Waals surface area contributed by atoms with Gasteiger partial charge in [-0.15, -0.1) is 0 Å². The number of hydrogen-bond acceptors (Lipinski definition) is 5. The molecule has 31 heavy (non-hydrogen) atoms. The highest BCUT2D eigenvalue weighted by Gasteiger charge is 2.27. The summed E-state index contributed by atoms with van der Waals surface area (Å²) in [6.45, 7) is 9.80. The summed E-state index contributed by atoms with van der Waals surface area (Å²) in [5.74, 6) is 0.912. The molecule has 6 nitrogen and oxygen atoms in total. The molecule has 1 aliphatic heterocycles. The summed E-state index contributed by atoms with van der Waals surface area (Å²) in [6.07, 6.45) is -0.0942. The Morgan fingerprint density at radius 2 is 2.13 bits per heavy atom. The fourth-order valence-corrected chi connectivity index (χ4v) is 5.11. The standard InChI is InChI=1S/C24H30N4O2S/c1-15-6-7-21-20(10-15)11-28(12-22(30-21)19-8-9-31-14-19)13-23(29)25-16(2)24-17(3)26-27(5)18(24)4/h6-10,14,16,22H,11-13H2,1-5H3,(H,25,29)/t16-,22-/m1/s1. The van der Waals surface area contributed by atoms with Crippen LogP contribution in [0, 0.1) is 20.8 Å². The zero-order valence-electron chi connectivity index (χ0n) is 18.8. The van der Waals surface area contributed by atoms with E-state index >= 15 is 0 Å². The van der Waals surface area contributed by atoms with Crippen molar-refractivity contribution in [2.75, 3.05) is 13.1 Å². The van der Waals surface area contributed by atoms with Crippen LogP contribution in [0.2, 0.25) is 0 Å². The van der Waals surface area contributed by atoms with Gasteiger partial charge in [-0.05, 0) is 50.6 Å². The highest BCUT2D eigenvalue weighted by Crippen LogP contribution is 2.32. The second kappa shape index (κ2) is 8.85.